The summed E-state index contributed by atoms with van der Waals surface area (Å²) in [5.74, 6) is -1.20. The van der Waals surface area contributed by atoms with Gasteiger partial charge in [-0.15, -0.1) is 0 Å². The summed E-state index contributed by atoms with van der Waals surface area (Å²) < 4.78 is 15.7. The van der Waals surface area contributed by atoms with E-state index >= 15 is 0 Å². The Morgan fingerprint density at radius 3 is 2.95 bits per heavy atom. The molecule has 1 unspecified atom stereocenters. The molecule has 0 N–H and O–H groups in total. The van der Waals surface area contributed by atoms with Crippen LogP contribution in [0.25, 0.3) is 0 Å². The van der Waals surface area contributed by atoms with Gasteiger partial charge < -0.3 is 19.0 Å². The molecule has 0 amide bonds. The van der Waals surface area contributed by atoms with E-state index < -0.39 is 18.0 Å². The van der Waals surface area contributed by atoms with Crippen LogP contribution in [0.15, 0.2) is 0 Å². The summed E-state index contributed by atoms with van der Waals surface area (Å²) in [4.78, 5) is 33.7. The summed E-state index contributed by atoms with van der Waals surface area (Å²) in [7, 11) is 0. The second kappa shape index (κ2) is 6.77. The summed E-state index contributed by atoms with van der Waals surface area (Å²) in [6.45, 7) is 0.555. The number of aldehydes is 1. The Morgan fingerprint density at radius 2 is 2.26 bits per heavy atom. The molecule has 0 aromatic heterocycles. The van der Waals surface area contributed by atoms with E-state index in [0.29, 0.717) is 12.9 Å². The Kier molecular flexibility index (Phi) is 5.04. The lowest BCUT2D eigenvalue weighted by atomic mass is 9.95. The number of ether oxygens (including phenoxy) is 3. The summed E-state index contributed by atoms with van der Waals surface area (Å²) in [5, 5.41) is 0. The minimum Gasteiger partial charge on any atom is -0.461 e. The second-order valence-electron chi connectivity index (χ2n) is 4.81. The first-order valence-corrected chi connectivity index (χ1v) is 6.59. The molecule has 0 spiro atoms. The molecule has 0 radical (unpaired) electrons. The SMILES string of the molecule is O=CC[C@@H]1OC(=O)C[C@@H]1C(=O)COC1CCCCO1. The molecule has 2 aliphatic heterocycles. The van der Waals surface area contributed by atoms with E-state index in [1.807, 2.05) is 0 Å². The zero-order chi connectivity index (χ0) is 13.7. The molecule has 0 aromatic rings. The standard InChI is InChI=1S/C13H18O6/c14-5-4-11-9(7-12(16)19-11)10(15)8-18-13-3-1-2-6-17-13/h5,9,11,13H,1-4,6-8H2/t9-,11+,13?/m1/s1. The van der Waals surface area contributed by atoms with Gasteiger partial charge in [0.1, 0.15) is 19.0 Å². The van der Waals surface area contributed by atoms with Crippen molar-refractivity contribution in [2.24, 2.45) is 5.92 Å². The van der Waals surface area contributed by atoms with Crippen LogP contribution < -0.4 is 0 Å². The number of ketones is 1. The minimum absolute atomic E-state index is 0.0340. The van der Waals surface area contributed by atoms with E-state index in [4.69, 9.17) is 14.2 Å². The van der Waals surface area contributed by atoms with Crippen LogP contribution in [-0.2, 0) is 28.6 Å². The highest BCUT2D eigenvalue weighted by molar-refractivity contribution is 5.89. The highest BCUT2D eigenvalue weighted by atomic mass is 16.7. The number of hydrogen-bond donors (Lipinski definition) is 0. The molecule has 2 heterocycles. The molecule has 2 aliphatic rings. The normalized spacial score (nSPS) is 30.9. The summed E-state index contributed by atoms with van der Waals surface area (Å²) in [6, 6.07) is 0. The predicted molar refractivity (Wildman–Crippen MR) is 63.2 cm³/mol. The van der Waals surface area contributed by atoms with E-state index in [2.05, 4.69) is 0 Å². The summed E-state index contributed by atoms with van der Waals surface area (Å²) in [5.41, 5.74) is 0. The van der Waals surface area contributed by atoms with Gasteiger partial charge >= 0.3 is 5.97 Å². The topological polar surface area (TPSA) is 78.9 Å². The zero-order valence-electron chi connectivity index (χ0n) is 10.7. The van der Waals surface area contributed by atoms with Crippen molar-refractivity contribution in [3.8, 4) is 0 Å². The van der Waals surface area contributed by atoms with Crippen molar-refractivity contribution < 1.29 is 28.6 Å². The smallest absolute Gasteiger partial charge is 0.306 e. The first-order valence-electron chi connectivity index (χ1n) is 6.59. The molecule has 3 atom stereocenters. The number of carbonyl (C=O) groups is 3. The maximum Gasteiger partial charge on any atom is 0.306 e. The van der Waals surface area contributed by atoms with Gasteiger partial charge in [0.2, 0.25) is 0 Å². The van der Waals surface area contributed by atoms with E-state index in [1.165, 1.54) is 0 Å². The highest BCUT2D eigenvalue weighted by Gasteiger charge is 2.39. The predicted octanol–water partition coefficient (Wildman–Crippen LogP) is 0.619. The fraction of sp³-hybridized carbons (Fsp3) is 0.769. The van der Waals surface area contributed by atoms with Crippen molar-refractivity contribution in [1.82, 2.24) is 0 Å². The number of esters is 1. The Labute approximate surface area is 111 Å². The van der Waals surface area contributed by atoms with Crippen molar-refractivity contribution in [2.75, 3.05) is 13.2 Å². The van der Waals surface area contributed by atoms with Gasteiger partial charge in [-0.25, -0.2) is 0 Å². The van der Waals surface area contributed by atoms with E-state index in [9.17, 15) is 14.4 Å². The number of rotatable bonds is 6. The van der Waals surface area contributed by atoms with Gasteiger partial charge in [-0.3, -0.25) is 9.59 Å². The van der Waals surface area contributed by atoms with Crippen molar-refractivity contribution in [1.29, 1.82) is 0 Å². The zero-order valence-corrected chi connectivity index (χ0v) is 10.7. The van der Waals surface area contributed by atoms with Crippen LogP contribution in [0, 0.1) is 5.92 Å². The van der Waals surface area contributed by atoms with Crippen molar-refractivity contribution in [3.63, 3.8) is 0 Å². The third-order valence-corrected chi connectivity index (χ3v) is 3.41. The van der Waals surface area contributed by atoms with Crippen LogP contribution in [-0.4, -0.2) is 43.6 Å². The summed E-state index contributed by atoms with van der Waals surface area (Å²) in [6.07, 6.45) is 2.61. The average molecular weight is 270 g/mol. The van der Waals surface area contributed by atoms with Crippen LogP contribution in [0.1, 0.15) is 32.1 Å². The van der Waals surface area contributed by atoms with Gasteiger partial charge in [0.05, 0.1) is 12.3 Å². The Morgan fingerprint density at radius 1 is 1.42 bits per heavy atom. The van der Waals surface area contributed by atoms with Gasteiger partial charge in [-0.05, 0) is 19.3 Å². The molecule has 2 rings (SSSR count). The third-order valence-electron chi connectivity index (χ3n) is 3.41. The summed E-state index contributed by atoms with van der Waals surface area (Å²) >= 11 is 0. The molecule has 2 saturated heterocycles. The van der Waals surface area contributed by atoms with Crippen LogP contribution in [0.5, 0.6) is 0 Å². The number of carbonyl (C=O) groups excluding carboxylic acids is 3. The van der Waals surface area contributed by atoms with E-state index in [-0.39, 0.29) is 31.5 Å². The Balaban J connectivity index is 1.80. The molecular formula is C13H18O6. The van der Waals surface area contributed by atoms with Gasteiger partial charge in [-0.2, -0.15) is 0 Å². The molecule has 0 aliphatic carbocycles. The fourth-order valence-corrected chi connectivity index (χ4v) is 2.36. The molecule has 0 bridgehead atoms. The Hall–Kier alpha value is -1.27. The van der Waals surface area contributed by atoms with Crippen LogP contribution in [0.3, 0.4) is 0 Å². The molecule has 0 saturated carbocycles. The lowest BCUT2D eigenvalue weighted by Gasteiger charge is -2.23. The largest absolute Gasteiger partial charge is 0.461 e. The Bertz CT molecular complexity index is 347. The molecule has 106 valence electrons. The molecule has 19 heavy (non-hydrogen) atoms. The van der Waals surface area contributed by atoms with Gasteiger partial charge in [0.15, 0.2) is 12.1 Å². The number of cyclic esters (lactones) is 1. The van der Waals surface area contributed by atoms with Gasteiger partial charge in [-0.1, -0.05) is 0 Å². The number of hydrogen-bond acceptors (Lipinski definition) is 6. The second-order valence-corrected chi connectivity index (χ2v) is 4.81. The monoisotopic (exact) mass is 270 g/mol. The lowest BCUT2D eigenvalue weighted by Crippen LogP contribution is -2.31. The average Bonchev–Trinajstić information content (AvgIpc) is 2.79. The maximum absolute atomic E-state index is 12.0. The van der Waals surface area contributed by atoms with Gasteiger partial charge in [0.25, 0.3) is 0 Å². The molecule has 2 fully saturated rings. The molecule has 6 nitrogen and oxygen atoms in total. The highest BCUT2D eigenvalue weighted by Crippen LogP contribution is 2.25. The minimum atomic E-state index is -0.631. The van der Waals surface area contributed by atoms with E-state index in [0.717, 1.165) is 19.3 Å². The molecular weight excluding hydrogens is 252 g/mol. The van der Waals surface area contributed by atoms with E-state index in [1.54, 1.807) is 0 Å². The van der Waals surface area contributed by atoms with Crippen molar-refractivity contribution in [3.05, 3.63) is 0 Å². The quantitative estimate of drug-likeness (QED) is 0.520. The van der Waals surface area contributed by atoms with Gasteiger partial charge in [0, 0.05) is 13.0 Å². The molecule has 6 heteroatoms. The van der Waals surface area contributed by atoms with Crippen LogP contribution >= 0.6 is 0 Å². The van der Waals surface area contributed by atoms with Crippen molar-refractivity contribution >= 4 is 18.0 Å². The maximum atomic E-state index is 12.0. The lowest BCUT2D eigenvalue weighted by molar-refractivity contribution is -0.171. The number of Topliss-reactive ketones (excluding diaryl/α,β-unsaturated/α-hetero) is 1. The van der Waals surface area contributed by atoms with Crippen molar-refractivity contribution in [2.45, 2.75) is 44.5 Å². The van der Waals surface area contributed by atoms with Crippen LogP contribution in [0.2, 0.25) is 0 Å². The first-order chi connectivity index (χ1) is 9.20. The first kappa shape index (κ1) is 14.1. The third kappa shape index (κ3) is 3.84. The van der Waals surface area contributed by atoms with Crippen LogP contribution in [0.4, 0.5) is 0 Å². The molecule has 0 aromatic carbocycles. The fourth-order valence-electron chi connectivity index (χ4n) is 2.36.